The standard InChI is InChI=1S/C19H20N2O4/c1-13(2)16-5-3-4-6-17(16)25-12-18(22)21-20-11-14-7-9-15(10-8-14)19(23)24/h3-11,13H,12H2,1-2H3,(H,21,22)(H,23,24)/b20-11+. The van der Waals surface area contributed by atoms with Gasteiger partial charge in [-0.25, -0.2) is 10.2 Å². The summed E-state index contributed by atoms with van der Waals surface area (Å²) in [5.74, 6) is -0.389. The first-order valence-corrected chi connectivity index (χ1v) is 7.84. The molecule has 0 spiro atoms. The molecular weight excluding hydrogens is 320 g/mol. The number of hydrogen-bond donors (Lipinski definition) is 2. The number of carboxylic acid groups (broad SMARTS) is 1. The maximum absolute atomic E-state index is 11.8. The van der Waals surface area contributed by atoms with E-state index in [4.69, 9.17) is 9.84 Å². The van der Waals surface area contributed by atoms with E-state index < -0.39 is 5.97 Å². The Morgan fingerprint density at radius 2 is 1.84 bits per heavy atom. The number of carboxylic acids is 1. The van der Waals surface area contributed by atoms with E-state index in [9.17, 15) is 9.59 Å². The predicted octanol–water partition coefficient (Wildman–Crippen LogP) is 3.04. The molecule has 2 rings (SSSR count). The quantitative estimate of drug-likeness (QED) is 0.599. The summed E-state index contributed by atoms with van der Waals surface area (Å²) in [6.45, 7) is 3.98. The largest absolute Gasteiger partial charge is 0.483 e. The summed E-state index contributed by atoms with van der Waals surface area (Å²) in [5.41, 5.74) is 4.29. The summed E-state index contributed by atoms with van der Waals surface area (Å²) in [5, 5.41) is 12.7. The lowest BCUT2D eigenvalue weighted by Gasteiger charge is -2.12. The molecule has 130 valence electrons. The summed E-state index contributed by atoms with van der Waals surface area (Å²) in [6.07, 6.45) is 1.44. The Hall–Kier alpha value is -3.15. The van der Waals surface area contributed by atoms with Gasteiger partial charge in [0.25, 0.3) is 5.91 Å². The fourth-order valence-electron chi connectivity index (χ4n) is 2.16. The topological polar surface area (TPSA) is 88.0 Å². The minimum atomic E-state index is -0.990. The number of carbonyl (C=O) groups excluding carboxylic acids is 1. The molecule has 0 aromatic heterocycles. The summed E-state index contributed by atoms with van der Waals surface area (Å²) in [7, 11) is 0. The second-order valence-electron chi connectivity index (χ2n) is 5.70. The third kappa shape index (κ3) is 5.46. The highest BCUT2D eigenvalue weighted by atomic mass is 16.5. The molecule has 2 aromatic carbocycles. The van der Waals surface area contributed by atoms with E-state index in [0.29, 0.717) is 17.2 Å². The molecule has 0 aliphatic rings. The molecule has 6 heteroatoms. The maximum Gasteiger partial charge on any atom is 0.335 e. The molecular formula is C19H20N2O4. The average Bonchev–Trinajstić information content (AvgIpc) is 2.60. The van der Waals surface area contributed by atoms with Crippen molar-refractivity contribution in [3.63, 3.8) is 0 Å². The van der Waals surface area contributed by atoms with Crippen LogP contribution >= 0.6 is 0 Å². The Morgan fingerprint density at radius 3 is 2.48 bits per heavy atom. The number of hydrazone groups is 1. The minimum Gasteiger partial charge on any atom is -0.483 e. The Kier molecular flexibility index (Phi) is 6.28. The number of carbonyl (C=O) groups is 2. The van der Waals surface area contributed by atoms with Gasteiger partial charge in [-0.15, -0.1) is 0 Å². The van der Waals surface area contributed by atoms with Crippen LogP contribution in [0.5, 0.6) is 5.75 Å². The summed E-state index contributed by atoms with van der Waals surface area (Å²) >= 11 is 0. The van der Waals surface area contributed by atoms with Crippen molar-refractivity contribution in [3.05, 3.63) is 65.2 Å². The number of benzene rings is 2. The van der Waals surface area contributed by atoms with Crippen LogP contribution in [0.2, 0.25) is 0 Å². The second-order valence-corrected chi connectivity index (χ2v) is 5.70. The van der Waals surface area contributed by atoms with Crippen LogP contribution in [0.1, 0.15) is 41.3 Å². The zero-order valence-corrected chi connectivity index (χ0v) is 14.1. The molecule has 0 atom stereocenters. The smallest absolute Gasteiger partial charge is 0.335 e. The van der Waals surface area contributed by atoms with Crippen LogP contribution in [-0.2, 0) is 4.79 Å². The van der Waals surface area contributed by atoms with Gasteiger partial charge in [-0.1, -0.05) is 44.2 Å². The predicted molar refractivity (Wildman–Crippen MR) is 95.2 cm³/mol. The fraction of sp³-hybridized carbons (Fsp3) is 0.211. The Morgan fingerprint density at radius 1 is 1.16 bits per heavy atom. The summed E-state index contributed by atoms with van der Waals surface area (Å²) in [6, 6.07) is 13.7. The molecule has 0 saturated heterocycles. The summed E-state index contributed by atoms with van der Waals surface area (Å²) in [4.78, 5) is 22.6. The molecule has 0 saturated carbocycles. The van der Waals surface area contributed by atoms with Crippen LogP contribution in [0, 0.1) is 0 Å². The Balaban J connectivity index is 1.85. The molecule has 0 aliphatic carbocycles. The molecule has 0 aliphatic heterocycles. The van der Waals surface area contributed by atoms with Crippen LogP contribution in [-0.4, -0.2) is 29.8 Å². The number of aromatic carboxylic acids is 1. The molecule has 2 aromatic rings. The van der Waals surface area contributed by atoms with E-state index >= 15 is 0 Å². The number of amides is 1. The van der Waals surface area contributed by atoms with E-state index in [2.05, 4.69) is 24.4 Å². The van der Waals surface area contributed by atoms with Gasteiger partial charge in [0.1, 0.15) is 5.75 Å². The van der Waals surface area contributed by atoms with Crippen molar-refractivity contribution >= 4 is 18.1 Å². The lowest BCUT2D eigenvalue weighted by Crippen LogP contribution is -2.24. The molecule has 1 amide bonds. The van der Waals surface area contributed by atoms with Crippen molar-refractivity contribution in [2.24, 2.45) is 5.10 Å². The third-order valence-corrected chi connectivity index (χ3v) is 3.46. The van der Waals surface area contributed by atoms with Crippen molar-refractivity contribution in [2.75, 3.05) is 6.61 Å². The molecule has 0 unspecified atom stereocenters. The van der Waals surface area contributed by atoms with Crippen LogP contribution in [0.15, 0.2) is 53.6 Å². The van der Waals surface area contributed by atoms with Crippen molar-refractivity contribution in [2.45, 2.75) is 19.8 Å². The SMILES string of the molecule is CC(C)c1ccccc1OCC(=O)N/N=C/c1ccc(C(=O)O)cc1. The van der Waals surface area contributed by atoms with E-state index in [1.54, 1.807) is 12.1 Å². The number of nitrogens with one attached hydrogen (secondary N) is 1. The molecule has 0 heterocycles. The van der Waals surface area contributed by atoms with Gasteiger partial charge in [0.05, 0.1) is 11.8 Å². The normalized spacial score (nSPS) is 10.8. The van der Waals surface area contributed by atoms with Gasteiger partial charge in [0.2, 0.25) is 0 Å². The molecule has 2 N–H and O–H groups in total. The number of ether oxygens (including phenoxy) is 1. The Labute approximate surface area is 146 Å². The first-order valence-electron chi connectivity index (χ1n) is 7.84. The van der Waals surface area contributed by atoms with Gasteiger partial charge >= 0.3 is 5.97 Å². The molecule has 6 nitrogen and oxygen atoms in total. The highest BCUT2D eigenvalue weighted by Crippen LogP contribution is 2.25. The van der Waals surface area contributed by atoms with E-state index in [0.717, 1.165) is 5.56 Å². The van der Waals surface area contributed by atoms with Gasteiger partial charge in [-0.05, 0) is 35.2 Å². The van der Waals surface area contributed by atoms with Gasteiger partial charge in [-0.2, -0.15) is 5.10 Å². The van der Waals surface area contributed by atoms with Crippen molar-refractivity contribution in [3.8, 4) is 5.75 Å². The number of nitrogens with zero attached hydrogens (tertiary/aromatic N) is 1. The second kappa shape index (κ2) is 8.63. The highest BCUT2D eigenvalue weighted by Gasteiger charge is 2.08. The van der Waals surface area contributed by atoms with Crippen LogP contribution < -0.4 is 10.2 Å². The number of rotatable bonds is 7. The van der Waals surface area contributed by atoms with E-state index in [-0.39, 0.29) is 18.1 Å². The van der Waals surface area contributed by atoms with Gasteiger partial charge in [0, 0.05) is 0 Å². The van der Waals surface area contributed by atoms with Crippen molar-refractivity contribution in [1.82, 2.24) is 5.43 Å². The molecule has 0 fully saturated rings. The average molecular weight is 340 g/mol. The van der Waals surface area contributed by atoms with Crippen molar-refractivity contribution < 1.29 is 19.4 Å². The van der Waals surface area contributed by atoms with Crippen molar-refractivity contribution in [1.29, 1.82) is 0 Å². The third-order valence-electron chi connectivity index (χ3n) is 3.46. The lowest BCUT2D eigenvalue weighted by atomic mass is 10.0. The Bertz CT molecular complexity index is 767. The van der Waals surface area contributed by atoms with Crippen LogP contribution in [0.4, 0.5) is 0 Å². The molecule has 0 radical (unpaired) electrons. The van der Waals surface area contributed by atoms with Gasteiger partial charge in [0.15, 0.2) is 6.61 Å². The fourth-order valence-corrected chi connectivity index (χ4v) is 2.16. The first kappa shape index (κ1) is 18.2. The summed E-state index contributed by atoms with van der Waals surface area (Å²) < 4.78 is 5.55. The number of para-hydroxylation sites is 1. The maximum atomic E-state index is 11.8. The van der Waals surface area contributed by atoms with E-state index in [1.165, 1.54) is 18.3 Å². The van der Waals surface area contributed by atoms with E-state index in [1.807, 2.05) is 24.3 Å². The zero-order valence-electron chi connectivity index (χ0n) is 14.1. The van der Waals surface area contributed by atoms with Gasteiger partial charge < -0.3 is 9.84 Å². The first-order chi connectivity index (χ1) is 12.0. The van der Waals surface area contributed by atoms with Crippen LogP contribution in [0.3, 0.4) is 0 Å². The monoisotopic (exact) mass is 340 g/mol. The molecule has 25 heavy (non-hydrogen) atoms. The minimum absolute atomic E-state index is 0.140. The van der Waals surface area contributed by atoms with Gasteiger partial charge in [-0.3, -0.25) is 4.79 Å². The van der Waals surface area contributed by atoms with Crippen LogP contribution in [0.25, 0.3) is 0 Å². The lowest BCUT2D eigenvalue weighted by molar-refractivity contribution is -0.123. The zero-order chi connectivity index (χ0) is 18.2. The number of hydrogen-bond acceptors (Lipinski definition) is 4. The molecule has 0 bridgehead atoms. The highest BCUT2D eigenvalue weighted by molar-refractivity contribution is 5.89.